The second-order valence-electron chi connectivity index (χ2n) is 7.29. The summed E-state index contributed by atoms with van der Waals surface area (Å²) in [6.07, 6.45) is 0.880. The summed E-state index contributed by atoms with van der Waals surface area (Å²) in [6.45, 7) is 0.954. The van der Waals surface area contributed by atoms with Gasteiger partial charge in [0, 0.05) is 16.7 Å². The summed E-state index contributed by atoms with van der Waals surface area (Å²) in [6, 6.07) is 32.4. The van der Waals surface area contributed by atoms with Gasteiger partial charge in [-0.2, -0.15) is 0 Å². The first-order valence-corrected chi connectivity index (χ1v) is 10.1. The predicted molar refractivity (Wildman–Crippen MR) is 122 cm³/mol. The van der Waals surface area contributed by atoms with Crippen molar-refractivity contribution in [3.8, 4) is 11.1 Å². The molecule has 31 heavy (non-hydrogen) atoms. The van der Waals surface area contributed by atoms with Crippen LogP contribution >= 0.6 is 0 Å². The lowest BCUT2D eigenvalue weighted by Crippen LogP contribution is -2.01. The highest BCUT2D eigenvalue weighted by molar-refractivity contribution is 6.08. The molecule has 152 valence electrons. The number of hydrogen-bond acceptors (Lipinski definition) is 3. The van der Waals surface area contributed by atoms with Crippen LogP contribution in [0.4, 0.5) is 0 Å². The van der Waals surface area contributed by atoms with Gasteiger partial charge in [0.15, 0.2) is 12.1 Å². The van der Waals surface area contributed by atoms with Crippen molar-refractivity contribution in [2.24, 2.45) is 0 Å². The van der Waals surface area contributed by atoms with Gasteiger partial charge in [0.25, 0.3) is 0 Å². The van der Waals surface area contributed by atoms with E-state index in [0.29, 0.717) is 29.9 Å². The van der Waals surface area contributed by atoms with Crippen molar-refractivity contribution in [3.63, 3.8) is 0 Å². The summed E-state index contributed by atoms with van der Waals surface area (Å²) in [4.78, 5) is 23.7. The fourth-order valence-corrected chi connectivity index (χ4v) is 3.44. The highest BCUT2D eigenvalue weighted by Crippen LogP contribution is 2.23. The van der Waals surface area contributed by atoms with Crippen LogP contribution in [-0.4, -0.2) is 12.1 Å². The molecule has 4 rings (SSSR count). The minimum Gasteiger partial charge on any atom is -0.372 e. The molecule has 3 nitrogen and oxygen atoms in total. The van der Waals surface area contributed by atoms with Gasteiger partial charge < -0.3 is 4.74 Å². The quantitative estimate of drug-likeness (QED) is 0.262. The Morgan fingerprint density at radius 1 is 0.645 bits per heavy atom. The molecule has 0 saturated carbocycles. The molecule has 4 aromatic carbocycles. The molecule has 0 bridgehead atoms. The Kier molecular flexibility index (Phi) is 6.46. The van der Waals surface area contributed by atoms with Crippen LogP contribution in [0.3, 0.4) is 0 Å². The third-order valence-electron chi connectivity index (χ3n) is 5.14. The number of benzene rings is 4. The van der Waals surface area contributed by atoms with Gasteiger partial charge in [-0.3, -0.25) is 9.59 Å². The number of hydrogen-bond donors (Lipinski definition) is 0. The van der Waals surface area contributed by atoms with Gasteiger partial charge in [0.2, 0.25) is 0 Å². The summed E-state index contributed by atoms with van der Waals surface area (Å²) in [7, 11) is 0. The van der Waals surface area contributed by atoms with Crippen LogP contribution in [0.2, 0.25) is 0 Å². The van der Waals surface area contributed by atoms with Crippen molar-refractivity contribution in [1.82, 2.24) is 0 Å². The third kappa shape index (κ3) is 5.03. The molecular formula is C28H22O3. The van der Waals surface area contributed by atoms with E-state index in [0.717, 1.165) is 28.5 Å². The Bertz CT molecular complexity index is 1160. The summed E-state index contributed by atoms with van der Waals surface area (Å²) in [5.41, 5.74) is 6.04. The van der Waals surface area contributed by atoms with E-state index in [-0.39, 0.29) is 5.78 Å². The highest BCUT2D eigenvalue weighted by Gasteiger charge is 2.08. The van der Waals surface area contributed by atoms with Crippen molar-refractivity contribution < 1.29 is 14.3 Å². The lowest BCUT2D eigenvalue weighted by atomic mass is 9.99. The standard InChI is InChI=1S/C28H22O3/c29-18-26-8-4-5-9-27(26)23-14-10-21(11-15-23)19-31-20-22-12-16-25(17-13-22)28(30)24-6-2-1-3-7-24/h1-18H,19-20H2. The molecule has 0 amide bonds. The zero-order chi connectivity index (χ0) is 21.5. The smallest absolute Gasteiger partial charge is 0.193 e. The van der Waals surface area contributed by atoms with E-state index in [1.54, 1.807) is 0 Å². The molecule has 0 N–H and O–H groups in total. The van der Waals surface area contributed by atoms with E-state index >= 15 is 0 Å². The molecule has 0 aromatic heterocycles. The summed E-state index contributed by atoms with van der Waals surface area (Å²) in [5, 5.41) is 0. The largest absolute Gasteiger partial charge is 0.372 e. The molecule has 0 heterocycles. The van der Waals surface area contributed by atoms with Crippen LogP contribution in [0, 0.1) is 0 Å². The first-order chi connectivity index (χ1) is 15.2. The zero-order valence-corrected chi connectivity index (χ0v) is 17.0. The van der Waals surface area contributed by atoms with Crippen molar-refractivity contribution in [3.05, 3.63) is 131 Å². The van der Waals surface area contributed by atoms with Crippen molar-refractivity contribution in [2.75, 3.05) is 0 Å². The van der Waals surface area contributed by atoms with Gasteiger partial charge in [-0.1, -0.05) is 103 Å². The Hall–Kier alpha value is -3.82. The average Bonchev–Trinajstić information content (AvgIpc) is 2.85. The van der Waals surface area contributed by atoms with Gasteiger partial charge in [0.1, 0.15) is 0 Å². The molecule has 0 saturated heterocycles. The number of rotatable bonds is 8. The Morgan fingerprint density at radius 2 is 1.19 bits per heavy atom. The van der Waals surface area contributed by atoms with Gasteiger partial charge in [0.05, 0.1) is 13.2 Å². The Morgan fingerprint density at radius 3 is 1.84 bits per heavy atom. The maximum Gasteiger partial charge on any atom is 0.193 e. The maximum atomic E-state index is 12.5. The molecule has 0 aliphatic heterocycles. The zero-order valence-electron chi connectivity index (χ0n) is 17.0. The van der Waals surface area contributed by atoms with Gasteiger partial charge in [-0.15, -0.1) is 0 Å². The van der Waals surface area contributed by atoms with Gasteiger partial charge in [-0.05, 0) is 22.3 Å². The number of ether oxygens (including phenoxy) is 1. The van der Waals surface area contributed by atoms with Gasteiger partial charge >= 0.3 is 0 Å². The fraction of sp³-hybridized carbons (Fsp3) is 0.0714. The van der Waals surface area contributed by atoms with Gasteiger partial charge in [-0.25, -0.2) is 0 Å². The second-order valence-corrected chi connectivity index (χ2v) is 7.29. The molecule has 0 atom stereocenters. The summed E-state index contributed by atoms with van der Waals surface area (Å²) < 4.78 is 5.84. The van der Waals surface area contributed by atoms with Crippen LogP contribution in [0.1, 0.15) is 37.4 Å². The lowest BCUT2D eigenvalue weighted by Gasteiger charge is -2.08. The van der Waals surface area contributed by atoms with E-state index in [1.165, 1.54) is 0 Å². The number of carbonyl (C=O) groups excluding carboxylic acids is 2. The molecular weight excluding hydrogens is 384 g/mol. The SMILES string of the molecule is O=Cc1ccccc1-c1ccc(COCc2ccc(C(=O)c3ccccc3)cc2)cc1. The van der Waals surface area contributed by atoms with Crippen LogP contribution in [0.25, 0.3) is 11.1 Å². The Balaban J connectivity index is 1.33. The average molecular weight is 406 g/mol. The van der Waals surface area contributed by atoms with Crippen molar-refractivity contribution in [1.29, 1.82) is 0 Å². The first-order valence-electron chi connectivity index (χ1n) is 10.1. The van der Waals surface area contributed by atoms with Crippen molar-refractivity contribution >= 4 is 12.1 Å². The lowest BCUT2D eigenvalue weighted by molar-refractivity contribution is 0.103. The van der Waals surface area contributed by atoms with Crippen LogP contribution in [-0.2, 0) is 18.0 Å². The van der Waals surface area contributed by atoms with E-state index in [9.17, 15) is 9.59 Å². The monoisotopic (exact) mass is 406 g/mol. The minimum atomic E-state index is 0.0179. The van der Waals surface area contributed by atoms with E-state index in [1.807, 2.05) is 103 Å². The molecule has 0 unspecified atom stereocenters. The third-order valence-corrected chi connectivity index (χ3v) is 5.14. The molecule has 0 aliphatic rings. The number of aldehydes is 1. The number of ketones is 1. The van der Waals surface area contributed by atoms with E-state index in [2.05, 4.69) is 0 Å². The van der Waals surface area contributed by atoms with Crippen LogP contribution in [0.5, 0.6) is 0 Å². The summed E-state index contributed by atoms with van der Waals surface area (Å²) >= 11 is 0. The van der Waals surface area contributed by atoms with E-state index < -0.39 is 0 Å². The molecule has 0 aliphatic carbocycles. The molecule has 0 fully saturated rings. The highest BCUT2D eigenvalue weighted by atomic mass is 16.5. The number of carbonyl (C=O) groups is 2. The topological polar surface area (TPSA) is 43.4 Å². The maximum absolute atomic E-state index is 12.5. The molecule has 3 heteroatoms. The first kappa shape index (κ1) is 20.5. The normalized spacial score (nSPS) is 10.6. The molecule has 0 spiro atoms. The van der Waals surface area contributed by atoms with Crippen LogP contribution in [0.15, 0.2) is 103 Å². The Labute approximate surface area is 181 Å². The fourth-order valence-electron chi connectivity index (χ4n) is 3.44. The van der Waals surface area contributed by atoms with E-state index in [4.69, 9.17) is 4.74 Å². The molecule has 0 radical (unpaired) electrons. The molecule has 4 aromatic rings. The second kappa shape index (κ2) is 9.79. The van der Waals surface area contributed by atoms with Crippen LogP contribution < -0.4 is 0 Å². The van der Waals surface area contributed by atoms with Crippen molar-refractivity contribution in [2.45, 2.75) is 13.2 Å². The minimum absolute atomic E-state index is 0.0179. The summed E-state index contributed by atoms with van der Waals surface area (Å²) in [5.74, 6) is 0.0179. The predicted octanol–water partition coefficient (Wildman–Crippen LogP) is 6.11.